The monoisotopic (exact) mass is 338 g/mol. The molecule has 8 heteroatoms. The summed E-state index contributed by atoms with van der Waals surface area (Å²) in [4.78, 5) is 18.5. The van der Waals surface area contributed by atoms with E-state index in [9.17, 15) is 0 Å². The van der Waals surface area contributed by atoms with Crippen LogP contribution in [0, 0.1) is 0 Å². The first-order chi connectivity index (χ1) is 9.58. The van der Waals surface area contributed by atoms with Gasteiger partial charge in [0.15, 0.2) is 5.75 Å². The molecule has 0 saturated heterocycles. The second-order valence-corrected chi connectivity index (χ2v) is 5.02. The zero-order valence-corrected chi connectivity index (χ0v) is 13.0. The third kappa shape index (κ3) is 3.77. The van der Waals surface area contributed by atoms with Crippen molar-refractivity contribution in [1.82, 2.24) is 19.9 Å². The van der Waals surface area contributed by atoms with E-state index in [1.165, 1.54) is 0 Å². The molecule has 0 bridgehead atoms. The summed E-state index contributed by atoms with van der Waals surface area (Å²) >= 11 is 3.34. The summed E-state index contributed by atoms with van der Waals surface area (Å²) in [5.41, 5.74) is 0. The Hall–Kier alpha value is -1.96. The Morgan fingerprint density at radius 2 is 2.05 bits per heavy atom. The Morgan fingerprint density at radius 3 is 2.70 bits per heavy atom. The molecule has 0 fully saturated rings. The van der Waals surface area contributed by atoms with Gasteiger partial charge in [-0.05, 0) is 28.9 Å². The Morgan fingerprint density at radius 1 is 1.25 bits per heavy atom. The van der Waals surface area contributed by atoms with Crippen LogP contribution in [-0.4, -0.2) is 40.6 Å². The third-order valence-corrected chi connectivity index (χ3v) is 2.66. The fourth-order valence-electron chi connectivity index (χ4n) is 1.38. The van der Waals surface area contributed by atoms with Crippen LogP contribution in [-0.2, 0) is 0 Å². The average molecular weight is 339 g/mol. The summed E-state index contributed by atoms with van der Waals surface area (Å²) in [6, 6.07) is 2.01. The van der Waals surface area contributed by atoms with E-state index >= 15 is 0 Å². The van der Waals surface area contributed by atoms with Gasteiger partial charge in [-0.25, -0.2) is 0 Å². The van der Waals surface area contributed by atoms with Crippen LogP contribution in [0.1, 0.15) is 6.92 Å². The molecule has 1 N–H and O–H groups in total. The molecule has 2 aromatic rings. The highest BCUT2D eigenvalue weighted by Gasteiger charge is 2.10. The second-order valence-electron chi connectivity index (χ2n) is 4.11. The van der Waals surface area contributed by atoms with Crippen molar-refractivity contribution in [2.24, 2.45) is 0 Å². The molecule has 7 nitrogen and oxygen atoms in total. The number of halogens is 1. The van der Waals surface area contributed by atoms with E-state index in [2.05, 4.69) is 41.2 Å². The number of nitrogens with zero attached hydrogens (tertiary/aromatic N) is 5. The zero-order chi connectivity index (χ0) is 14.5. The summed E-state index contributed by atoms with van der Waals surface area (Å²) < 4.78 is 6.44. The minimum absolute atomic E-state index is 0.222. The van der Waals surface area contributed by atoms with E-state index in [-0.39, 0.29) is 6.01 Å². The van der Waals surface area contributed by atoms with Gasteiger partial charge in [-0.1, -0.05) is 0 Å². The largest absolute Gasteiger partial charge is 0.422 e. The normalized spacial score (nSPS) is 10.2. The molecule has 20 heavy (non-hydrogen) atoms. The van der Waals surface area contributed by atoms with Crippen LogP contribution >= 0.6 is 15.9 Å². The van der Waals surface area contributed by atoms with Gasteiger partial charge >= 0.3 is 6.01 Å². The van der Waals surface area contributed by atoms with E-state index in [0.29, 0.717) is 17.6 Å². The molecule has 0 aliphatic carbocycles. The molecular weight excluding hydrogens is 324 g/mol. The van der Waals surface area contributed by atoms with Crippen LogP contribution in [0.3, 0.4) is 0 Å². The highest BCUT2D eigenvalue weighted by Crippen LogP contribution is 2.22. The van der Waals surface area contributed by atoms with Crippen molar-refractivity contribution in [3.63, 3.8) is 0 Å². The van der Waals surface area contributed by atoms with Gasteiger partial charge in [-0.15, -0.1) is 0 Å². The summed E-state index contributed by atoms with van der Waals surface area (Å²) in [6.45, 7) is 2.69. The molecule has 2 heterocycles. The molecule has 0 aliphatic heterocycles. The predicted molar refractivity (Wildman–Crippen MR) is 80.3 cm³/mol. The maximum absolute atomic E-state index is 5.62. The van der Waals surface area contributed by atoms with Gasteiger partial charge in [0.2, 0.25) is 11.9 Å². The molecule has 0 unspecified atom stereocenters. The molecule has 0 saturated carbocycles. The summed E-state index contributed by atoms with van der Waals surface area (Å²) in [7, 11) is 3.71. The van der Waals surface area contributed by atoms with Gasteiger partial charge < -0.3 is 15.0 Å². The molecule has 0 atom stereocenters. The average Bonchev–Trinajstić information content (AvgIpc) is 2.38. The lowest BCUT2D eigenvalue weighted by atomic mass is 10.5. The van der Waals surface area contributed by atoms with Gasteiger partial charge in [-0.2, -0.15) is 15.0 Å². The summed E-state index contributed by atoms with van der Waals surface area (Å²) in [5, 5.41) is 3.05. The van der Waals surface area contributed by atoms with Crippen molar-refractivity contribution < 1.29 is 4.74 Å². The number of nitrogens with one attached hydrogen (secondary N) is 1. The van der Waals surface area contributed by atoms with Gasteiger partial charge in [0.05, 0.1) is 6.20 Å². The van der Waals surface area contributed by atoms with Gasteiger partial charge in [-0.3, -0.25) is 4.98 Å². The van der Waals surface area contributed by atoms with E-state index in [1.54, 1.807) is 23.4 Å². The van der Waals surface area contributed by atoms with Crippen LogP contribution in [0.5, 0.6) is 11.8 Å². The second kappa shape index (κ2) is 6.47. The van der Waals surface area contributed by atoms with Crippen molar-refractivity contribution in [2.75, 3.05) is 30.9 Å². The number of ether oxygens (including phenoxy) is 1. The summed E-state index contributed by atoms with van der Waals surface area (Å²) in [5.74, 6) is 1.55. The standard InChI is InChI=1S/C12H15BrN6O/c1-4-15-10-16-11(19(2)3)18-12(17-10)20-9-5-8(13)6-14-7-9/h5-7H,4H2,1-3H3,(H,15,16,17,18). The van der Waals surface area contributed by atoms with E-state index in [4.69, 9.17) is 4.74 Å². The van der Waals surface area contributed by atoms with Crippen molar-refractivity contribution in [3.05, 3.63) is 22.9 Å². The van der Waals surface area contributed by atoms with E-state index < -0.39 is 0 Å². The lowest BCUT2D eigenvalue weighted by molar-refractivity contribution is 0.438. The Kier molecular flexibility index (Phi) is 4.67. The van der Waals surface area contributed by atoms with Crippen molar-refractivity contribution in [2.45, 2.75) is 6.92 Å². The molecule has 0 aromatic carbocycles. The minimum atomic E-state index is 0.222. The molecule has 0 radical (unpaired) electrons. The highest BCUT2D eigenvalue weighted by atomic mass is 79.9. The SMILES string of the molecule is CCNc1nc(Oc2cncc(Br)c2)nc(N(C)C)n1. The van der Waals surface area contributed by atoms with Crippen LogP contribution in [0.15, 0.2) is 22.9 Å². The highest BCUT2D eigenvalue weighted by molar-refractivity contribution is 9.10. The van der Waals surface area contributed by atoms with Crippen molar-refractivity contribution >= 4 is 27.8 Å². The fourth-order valence-corrected chi connectivity index (χ4v) is 1.73. The maximum Gasteiger partial charge on any atom is 0.328 e. The van der Waals surface area contributed by atoms with Gasteiger partial charge in [0.1, 0.15) is 0 Å². The molecular formula is C12H15BrN6O. The first-order valence-corrected chi connectivity index (χ1v) is 6.83. The van der Waals surface area contributed by atoms with Crippen LogP contribution < -0.4 is 15.0 Å². The first-order valence-electron chi connectivity index (χ1n) is 6.04. The van der Waals surface area contributed by atoms with Crippen LogP contribution in [0.4, 0.5) is 11.9 Å². The number of anilines is 2. The molecule has 0 spiro atoms. The molecule has 2 aromatic heterocycles. The molecule has 106 valence electrons. The molecule has 0 amide bonds. The number of rotatable bonds is 5. The lowest BCUT2D eigenvalue weighted by Crippen LogP contribution is -2.15. The number of aromatic nitrogens is 4. The van der Waals surface area contributed by atoms with Crippen LogP contribution in [0.2, 0.25) is 0 Å². The Bertz CT molecular complexity index is 592. The molecule has 2 rings (SSSR count). The van der Waals surface area contributed by atoms with Gasteiger partial charge in [0, 0.05) is 31.3 Å². The zero-order valence-electron chi connectivity index (χ0n) is 11.5. The summed E-state index contributed by atoms with van der Waals surface area (Å²) in [6.07, 6.45) is 3.27. The number of hydrogen-bond acceptors (Lipinski definition) is 7. The lowest BCUT2D eigenvalue weighted by Gasteiger charge is -2.13. The third-order valence-electron chi connectivity index (χ3n) is 2.23. The predicted octanol–water partition coefficient (Wildman–Crippen LogP) is 2.32. The smallest absolute Gasteiger partial charge is 0.328 e. The number of pyridine rings is 1. The quantitative estimate of drug-likeness (QED) is 0.896. The van der Waals surface area contributed by atoms with Crippen LogP contribution in [0.25, 0.3) is 0 Å². The van der Waals surface area contributed by atoms with Crippen molar-refractivity contribution in [3.8, 4) is 11.8 Å². The Labute approximate surface area is 125 Å². The maximum atomic E-state index is 5.62. The Balaban J connectivity index is 2.30. The van der Waals surface area contributed by atoms with Crippen molar-refractivity contribution in [1.29, 1.82) is 0 Å². The van der Waals surface area contributed by atoms with E-state index in [1.807, 2.05) is 21.0 Å². The minimum Gasteiger partial charge on any atom is -0.422 e. The van der Waals surface area contributed by atoms with E-state index in [0.717, 1.165) is 11.0 Å². The van der Waals surface area contributed by atoms with Gasteiger partial charge in [0.25, 0.3) is 0 Å². The first kappa shape index (κ1) is 14.4. The number of hydrogen-bond donors (Lipinski definition) is 1. The fraction of sp³-hybridized carbons (Fsp3) is 0.333. The molecule has 0 aliphatic rings. The topological polar surface area (TPSA) is 76.1 Å².